The SMILES string of the molecule is CC(C)CCOC(=O)[C@H]1C2c3ccccc3C(c3ccccc32)[C@H]1C(=O)O. The van der Waals surface area contributed by atoms with Crippen LogP contribution in [-0.4, -0.2) is 23.7 Å². The van der Waals surface area contributed by atoms with Crippen molar-refractivity contribution in [1.29, 1.82) is 0 Å². The van der Waals surface area contributed by atoms with Crippen LogP contribution in [0.4, 0.5) is 0 Å². The van der Waals surface area contributed by atoms with Gasteiger partial charge in [0.1, 0.15) is 0 Å². The van der Waals surface area contributed by atoms with Crippen LogP contribution in [-0.2, 0) is 14.3 Å². The minimum absolute atomic E-state index is 0.268. The first-order chi connectivity index (χ1) is 13.0. The summed E-state index contributed by atoms with van der Waals surface area (Å²) < 4.78 is 5.55. The molecule has 0 amide bonds. The molecule has 0 aliphatic heterocycles. The number of carbonyl (C=O) groups is 2. The minimum Gasteiger partial charge on any atom is -0.481 e. The van der Waals surface area contributed by atoms with Gasteiger partial charge in [0.15, 0.2) is 0 Å². The van der Waals surface area contributed by atoms with Crippen LogP contribution in [0.3, 0.4) is 0 Å². The lowest BCUT2D eigenvalue weighted by molar-refractivity contribution is -0.160. The van der Waals surface area contributed by atoms with Crippen LogP contribution >= 0.6 is 0 Å². The predicted molar refractivity (Wildman–Crippen MR) is 102 cm³/mol. The van der Waals surface area contributed by atoms with E-state index in [0.29, 0.717) is 12.5 Å². The monoisotopic (exact) mass is 364 g/mol. The third-order valence-corrected chi connectivity index (χ3v) is 5.93. The Bertz CT molecular complexity index is 838. The summed E-state index contributed by atoms with van der Waals surface area (Å²) in [7, 11) is 0. The van der Waals surface area contributed by atoms with Gasteiger partial charge in [-0.25, -0.2) is 0 Å². The number of benzene rings is 2. The zero-order valence-corrected chi connectivity index (χ0v) is 15.6. The fourth-order valence-corrected chi connectivity index (χ4v) is 4.75. The van der Waals surface area contributed by atoms with Crippen molar-refractivity contribution < 1.29 is 19.4 Å². The summed E-state index contributed by atoms with van der Waals surface area (Å²) in [4.78, 5) is 25.3. The number of carbonyl (C=O) groups excluding carboxylic acids is 1. The van der Waals surface area contributed by atoms with Crippen molar-refractivity contribution in [3.8, 4) is 0 Å². The van der Waals surface area contributed by atoms with Crippen molar-refractivity contribution >= 4 is 11.9 Å². The molecule has 0 saturated heterocycles. The molecule has 2 aromatic rings. The molecule has 2 bridgehead atoms. The minimum atomic E-state index is -0.931. The summed E-state index contributed by atoms with van der Waals surface area (Å²) in [6.45, 7) is 4.48. The van der Waals surface area contributed by atoms with E-state index in [4.69, 9.17) is 4.74 Å². The Balaban J connectivity index is 1.80. The average Bonchev–Trinajstić information content (AvgIpc) is 2.66. The van der Waals surface area contributed by atoms with Crippen LogP contribution in [0.15, 0.2) is 48.5 Å². The number of hydrogen-bond donors (Lipinski definition) is 1. The highest BCUT2D eigenvalue weighted by molar-refractivity contribution is 5.87. The molecule has 3 aliphatic rings. The molecule has 0 spiro atoms. The highest BCUT2D eigenvalue weighted by atomic mass is 16.5. The Labute approximate surface area is 159 Å². The molecule has 3 aliphatic carbocycles. The van der Waals surface area contributed by atoms with Gasteiger partial charge in [-0.15, -0.1) is 0 Å². The quantitative estimate of drug-likeness (QED) is 0.808. The molecule has 2 atom stereocenters. The van der Waals surface area contributed by atoms with E-state index in [1.54, 1.807) is 0 Å². The molecule has 0 aromatic heterocycles. The van der Waals surface area contributed by atoms with Crippen molar-refractivity contribution in [3.63, 3.8) is 0 Å². The standard InChI is InChI=1S/C23H24O4/c1-13(2)11-12-27-23(26)21-19-16-9-5-3-7-14(16)18(20(21)22(24)25)15-8-4-6-10-17(15)19/h3-10,13,18-21H,11-12H2,1-2H3,(H,24,25)/t18?,19?,20-,21+/m1/s1. The third-order valence-electron chi connectivity index (χ3n) is 5.93. The lowest BCUT2D eigenvalue weighted by Gasteiger charge is -2.47. The summed E-state index contributed by atoms with van der Waals surface area (Å²) in [5, 5.41) is 10.0. The third kappa shape index (κ3) is 2.84. The van der Waals surface area contributed by atoms with Crippen LogP contribution in [0.25, 0.3) is 0 Å². The Kier molecular flexibility index (Phi) is 4.50. The molecule has 0 heterocycles. The van der Waals surface area contributed by atoms with Crippen LogP contribution in [0, 0.1) is 17.8 Å². The summed E-state index contributed by atoms with van der Waals surface area (Å²) in [5.41, 5.74) is 4.17. The van der Waals surface area contributed by atoms with Crippen molar-refractivity contribution in [1.82, 2.24) is 0 Å². The van der Waals surface area contributed by atoms with E-state index in [9.17, 15) is 14.7 Å². The van der Waals surface area contributed by atoms with Gasteiger partial charge in [0.25, 0.3) is 0 Å². The maximum absolute atomic E-state index is 13.0. The highest BCUT2D eigenvalue weighted by Crippen LogP contribution is 2.58. The number of hydrogen-bond acceptors (Lipinski definition) is 3. The van der Waals surface area contributed by atoms with Crippen LogP contribution < -0.4 is 0 Å². The van der Waals surface area contributed by atoms with E-state index in [-0.39, 0.29) is 17.8 Å². The molecule has 0 radical (unpaired) electrons. The summed E-state index contributed by atoms with van der Waals surface area (Å²) in [5.74, 6) is -2.97. The smallest absolute Gasteiger partial charge is 0.310 e. The van der Waals surface area contributed by atoms with Crippen LogP contribution in [0.5, 0.6) is 0 Å². The zero-order valence-electron chi connectivity index (χ0n) is 15.6. The Hall–Kier alpha value is -2.62. The number of carboxylic acids is 1. The molecule has 4 nitrogen and oxygen atoms in total. The van der Waals surface area contributed by atoms with Gasteiger partial charge >= 0.3 is 11.9 Å². The van der Waals surface area contributed by atoms with Gasteiger partial charge in [-0.1, -0.05) is 62.4 Å². The lowest BCUT2D eigenvalue weighted by Crippen LogP contribution is -2.47. The van der Waals surface area contributed by atoms with Gasteiger partial charge in [0.2, 0.25) is 0 Å². The van der Waals surface area contributed by atoms with E-state index in [2.05, 4.69) is 13.8 Å². The highest BCUT2D eigenvalue weighted by Gasteiger charge is 2.55. The molecule has 140 valence electrons. The molecule has 27 heavy (non-hydrogen) atoms. The van der Waals surface area contributed by atoms with Gasteiger partial charge in [0, 0.05) is 11.8 Å². The first-order valence-corrected chi connectivity index (χ1v) is 9.57. The molecule has 0 saturated carbocycles. The van der Waals surface area contributed by atoms with Gasteiger partial charge in [0.05, 0.1) is 18.4 Å². The second-order valence-electron chi connectivity index (χ2n) is 7.95. The van der Waals surface area contributed by atoms with E-state index in [1.165, 1.54) is 0 Å². The van der Waals surface area contributed by atoms with Crippen molar-refractivity contribution in [2.45, 2.75) is 32.1 Å². The topological polar surface area (TPSA) is 63.6 Å². The zero-order chi connectivity index (χ0) is 19.1. The fraction of sp³-hybridized carbons (Fsp3) is 0.391. The van der Waals surface area contributed by atoms with Gasteiger partial charge in [-0.2, -0.15) is 0 Å². The first kappa shape index (κ1) is 17.8. The summed E-state index contributed by atoms with van der Waals surface area (Å²) >= 11 is 0. The molecular formula is C23H24O4. The largest absolute Gasteiger partial charge is 0.481 e. The molecule has 4 heteroatoms. The second-order valence-corrected chi connectivity index (χ2v) is 7.95. The van der Waals surface area contributed by atoms with Crippen LogP contribution in [0.1, 0.15) is 54.4 Å². The van der Waals surface area contributed by atoms with E-state index in [0.717, 1.165) is 28.7 Å². The Morgan fingerprint density at radius 2 is 1.33 bits per heavy atom. The number of esters is 1. The van der Waals surface area contributed by atoms with Gasteiger partial charge in [-0.3, -0.25) is 9.59 Å². The first-order valence-electron chi connectivity index (χ1n) is 9.57. The number of aliphatic carboxylic acids is 1. The predicted octanol–water partition coefficient (Wildman–Crippen LogP) is 4.18. The maximum Gasteiger partial charge on any atom is 0.310 e. The maximum atomic E-state index is 13.0. The summed E-state index contributed by atoms with van der Waals surface area (Å²) in [6, 6.07) is 15.8. The number of carboxylic acid groups (broad SMARTS) is 1. The Morgan fingerprint density at radius 1 is 0.889 bits per heavy atom. The van der Waals surface area contributed by atoms with E-state index in [1.807, 2.05) is 48.5 Å². The lowest BCUT2D eigenvalue weighted by atomic mass is 9.54. The Morgan fingerprint density at radius 3 is 1.74 bits per heavy atom. The average molecular weight is 364 g/mol. The number of ether oxygens (including phenoxy) is 1. The number of fused-ring (bicyclic) bond motifs is 1. The fourth-order valence-electron chi connectivity index (χ4n) is 4.75. The van der Waals surface area contributed by atoms with Gasteiger partial charge < -0.3 is 9.84 Å². The normalized spacial score (nSPS) is 25.0. The van der Waals surface area contributed by atoms with E-state index < -0.39 is 17.8 Å². The molecule has 0 unspecified atom stereocenters. The molecule has 2 aromatic carbocycles. The van der Waals surface area contributed by atoms with Crippen molar-refractivity contribution in [2.24, 2.45) is 17.8 Å². The van der Waals surface area contributed by atoms with E-state index >= 15 is 0 Å². The van der Waals surface area contributed by atoms with Crippen molar-refractivity contribution in [2.75, 3.05) is 6.61 Å². The van der Waals surface area contributed by atoms with Crippen molar-refractivity contribution in [3.05, 3.63) is 70.8 Å². The molecule has 0 fully saturated rings. The molecular weight excluding hydrogens is 340 g/mol. The molecule has 1 N–H and O–H groups in total. The number of rotatable bonds is 5. The van der Waals surface area contributed by atoms with Gasteiger partial charge in [-0.05, 0) is 34.6 Å². The summed E-state index contributed by atoms with van der Waals surface area (Å²) in [6.07, 6.45) is 0.775. The second kappa shape index (κ2) is 6.84. The molecule has 5 rings (SSSR count). The van der Waals surface area contributed by atoms with Crippen LogP contribution in [0.2, 0.25) is 0 Å².